The van der Waals surface area contributed by atoms with E-state index in [0.29, 0.717) is 12.1 Å². The smallest absolute Gasteiger partial charge is 0.253 e. The van der Waals surface area contributed by atoms with Crippen LogP contribution in [0.2, 0.25) is 0 Å². The molecule has 15 heavy (non-hydrogen) atoms. The normalized spacial score (nSPS) is 11.7. The van der Waals surface area contributed by atoms with Crippen LogP contribution in [0.25, 0.3) is 0 Å². The highest BCUT2D eigenvalue weighted by Gasteiger charge is 2.14. The number of amides is 1. The van der Waals surface area contributed by atoms with E-state index in [-0.39, 0.29) is 24.4 Å². The lowest BCUT2D eigenvalue weighted by Gasteiger charge is -2.10. The SMILES string of the molecule is C[C@H](CN)NC(=O)c1cc(Br)sc1Br.Cl. The van der Waals surface area contributed by atoms with Crippen LogP contribution in [-0.4, -0.2) is 18.5 Å². The maximum atomic E-state index is 11.6. The van der Waals surface area contributed by atoms with Crippen molar-refractivity contribution in [3.63, 3.8) is 0 Å². The molecule has 1 rings (SSSR count). The van der Waals surface area contributed by atoms with E-state index in [1.165, 1.54) is 11.3 Å². The van der Waals surface area contributed by atoms with Gasteiger partial charge in [0.05, 0.1) is 13.1 Å². The molecule has 0 saturated heterocycles. The fourth-order valence-corrected chi connectivity index (χ4v) is 3.65. The number of hydrogen-bond donors (Lipinski definition) is 2. The van der Waals surface area contributed by atoms with Crippen molar-refractivity contribution in [2.75, 3.05) is 6.54 Å². The average molecular weight is 379 g/mol. The van der Waals surface area contributed by atoms with Gasteiger partial charge in [-0.2, -0.15) is 0 Å². The van der Waals surface area contributed by atoms with Gasteiger partial charge in [0.15, 0.2) is 0 Å². The molecule has 1 aromatic rings. The molecule has 0 aliphatic rings. The maximum absolute atomic E-state index is 11.6. The highest BCUT2D eigenvalue weighted by Crippen LogP contribution is 2.31. The Balaban J connectivity index is 0.00000196. The van der Waals surface area contributed by atoms with E-state index in [1.807, 2.05) is 6.92 Å². The third-order valence-corrected chi connectivity index (χ3v) is 3.97. The van der Waals surface area contributed by atoms with Crippen molar-refractivity contribution in [2.45, 2.75) is 13.0 Å². The van der Waals surface area contributed by atoms with E-state index in [0.717, 1.165) is 7.57 Å². The number of nitrogens with one attached hydrogen (secondary N) is 1. The minimum Gasteiger partial charge on any atom is -0.348 e. The summed E-state index contributed by atoms with van der Waals surface area (Å²) in [7, 11) is 0. The molecule has 1 atom stereocenters. The third kappa shape index (κ3) is 4.40. The monoisotopic (exact) mass is 376 g/mol. The molecular formula is C8H11Br2ClN2OS. The van der Waals surface area contributed by atoms with E-state index in [1.54, 1.807) is 6.07 Å². The Bertz CT molecular complexity index is 345. The molecule has 86 valence electrons. The summed E-state index contributed by atoms with van der Waals surface area (Å²) in [5.41, 5.74) is 6.05. The molecule has 0 fully saturated rings. The number of thiophene rings is 1. The van der Waals surface area contributed by atoms with Crippen LogP contribution >= 0.6 is 55.6 Å². The Labute approximate surface area is 115 Å². The van der Waals surface area contributed by atoms with Crippen molar-refractivity contribution in [1.29, 1.82) is 0 Å². The summed E-state index contributed by atoms with van der Waals surface area (Å²) >= 11 is 8.12. The molecule has 0 radical (unpaired) electrons. The van der Waals surface area contributed by atoms with Gasteiger partial charge in [-0.25, -0.2) is 0 Å². The molecule has 0 saturated carbocycles. The largest absolute Gasteiger partial charge is 0.348 e. The summed E-state index contributed by atoms with van der Waals surface area (Å²) < 4.78 is 1.75. The van der Waals surface area contributed by atoms with Crippen molar-refractivity contribution < 1.29 is 4.79 Å². The fraction of sp³-hybridized carbons (Fsp3) is 0.375. The van der Waals surface area contributed by atoms with E-state index in [9.17, 15) is 4.79 Å². The lowest BCUT2D eigenvalue weighted by Crippen LogP contribution is -2.37. The number of hydrogen-bond acceptors (Lipinski definition) is 3. The van der Waals surface area contributed by atoms with Crippen LogP contribution in [0, 0.1) is 0 Å². The first kappa shape index (κ1) is 15.4. The first-order valence-corrected chi connectivity index (χ1v) is 6.40. The summed E-state index contributed by atoms with van der Waals surface area (Å²) in [5.74, 6) is -0.100. The lowest BCUT2D eigenvalue weighted by atomic mass is 10.3. The summed E-state index contributed by atoms with van der Waals surface area (Å²) in [6, 6.07) is 1.78. The molecule has 1 aromatic heterocycles. The number of nitrogens with two attached hydrogens (primary N) is 1. The van der Waals surface area contributed by atoms with Crippen LogP contribution in [-0.2, 0) is 0 Å². The predicted molar refractivity (Wildman–Crippen MR) is 72.9 cm³/mol. The van der Waals surface area contributed by atoms with Crippen molar-refractivity contribution >= 4 is 61.5 Å². The van der Waals surface area contributed by atoms with Crippen molar-refractivity contribution in [2.24, 2.45) is 5.73 Å². The number of carbonyl (C=O) groups excluding carboxylic acids is 1. The van der Waals surface area contributed by atoms with Crippen LogP contribution in [0.4, 0.5) is 0 Å². The number of halogens is 3. The van der Waals surface area contributed by atoms with Crippen LogP contribution < -0.4 is 11.1 Å². The zero-order valence-corrected chi connectivity index (χ0v) is 12.7. The molecular weight excluding hydrogens is 367 g/mol. The van der Waals surface area contributed by atoms with Crippen molar-refractivity contribution in [3.05, 3.63) is 19.2 Å². The molecule has 0 unspecified atom stereocenters. The van der Waals surface area contributed by atoms with Crippen molar-refractivity contribution in [3.8, 4) is 0 Å². The molecule has 1 heterocycles. The second kappa shape index (κ2) is 6.85. The molecule has 0 spiro atoms. The number of carbonyl (C=O) groups is 1. The van der Waals surface area contributed by atoms with Gasteiger partial charge in [0.25, 0.3) is 5.91 Å². The third-order valence-electron chi connectivity index (χ3n) is 1.63. The Morgan fingerprint density at radius 2 is 2.27 bits per heavy atom. The predicted octanol–water partition coefficient (Wildman–Crippen LogP) is 2.77. The van der Waals surface area contributed by atoms with Gasteiger partial charge in [-0.05, 0) is 44.8 Å². The van der Waals surface area contributed by atoms with Gasteiger partial charge in [-0.3, -0.25) is 4.79 Å². The highest BCUT2D eigenvalue weighted by molar-refractivity contribution is 9.12. The minimum atomic E-state index is -0.100. The molecule has 1 amide bonds. The van der Waals surface area contributed by atoms with Crippen LogP contribution in [0.5, 0.6) is 0 Å². The van der Waals surface area contributed by atoms with Gasteiger partial charge in [-0.15, -0.1) is 23.7 Å². The summed E-state index contributed by atoms with van der Waals surface area (Å²) in [6.07, 6.45) is 0. The summed E-state index contributed by atoms with van der Waals surface area (Å²) in [5, 5.41) is 2.79. The Morgan fingerprint density at radius 3 is 2.67 bits per heavy atom. The topological polar surface area (TPSA) is 55.1 Å². The number of rotatable bonds is 3. The Kier molecular flexibility index (Phi) is 7.03. The molecule has 0 aliphatic heterocycles. The van der Waals surface area contributed by atoms with Gasteiger partial charge in [0.2, 0.25) is 0 Å². The van der Waals surface area contributed by atoms with Gasteiger partial charge in [-0.1, -0.05) is 0 Å². The molecule has 0 bridgehead atoms. The first-order chi connectivity index (χ1) is 6.54. The van der Waals surface area contributed by atoms with E-state index < -0.39 is 0 Å². The summed E-state index contributed by atoms with van der Waals surface area (Å²) in [4.78, 5) is 11.6. The van der Waals surface area contributed by atoms with Gasteiger partial charge >= 0.3 is 0 Å². The first-order valence-electron chi connectivity index (χ1n) is 4.00. The average Bonchev–Trinajstić information content (AvgIpc) is 2.45. The Hall–Kier alpha value is 0.380. The molecule has 3 nitrogen and oxygen atoms in total. The highest BCUT2D eigenvalue weighted by atomic mass is 79.9. The Morgan fingerprint density at radius 1 is 1.67 bits per heavy atom. The molecule has 7 heteroatoms. The lowest BCUT2D eigenvalue weighted by molar-refractivity contribution is 0.0941. The van der Waals surface area contributed by atoms with E-state index in [2.05, 4.69) is 37.2 Å². The second-order valence-electron chi connectivity index (χ2n) is 2.85. The second-order valence-corrected chi connectivity index (χ2v) is 6.60. The fourth-order valence-electron chi connectivity index (χ4n) is 0.856. The van der Waals surface area contributed by atoms with Gasteiger partial charge in [0, 0.05) is 12.6 Å². The molecule has 0 aromatic carbocycles. The zero-order valence-electron chi connectivity index (χ0n) is 7.92. The van der Waals surface area contributed by atoms with Crippen LogP contribution in [0.15, 0.2) is 13.6 Å². The quantitative estimate of drug-likeness (QED) is 0.850. The summed E-state index contributed by atoms with van der Waals surface area (Å²) in [6.45, 7) is 2.31. The van der Waals surface area contributed by atoms with Gasteiger partial charge < -0.3 is 11.1 Å². The van der Waals surface area contributed by atoms with E-state index >= 15 is 0 Å². The standard InChI is InChI=1S/C8H10Br2N2OS.ClH/c1-4(3-11)12-8(13)5-2-6(9)14-7(5)10;/h2,4H,3,11H2,1H3,(H,12,13);1H/t4-;/m1./s1. The van der Waals surface area contributed by atoms with Gasteiger partial charge in [0.1, 0.15) is 0 Å². The molecule has 3 N–H and O–H groups in total. The zero-order chi connectivity index (χ0) is 10.7. The van der Waals surface area contributed by atoms with Crippen LogP contribution in [0.3, 0.4) is 0 Å². The minimum absolute atomic E-state index is 0. The van der Waals surface area contributed by atoms with Crippen molar-refractivity contribution in [1.82, 2.24) is 5.32 Å². The molecule has 0 aliphatic carbocycles. The van der Waals surface area contributed by atoms with Crippen LogP contribution in [0.1, 0.15) is 17.3 Å². The maximum Gasteiger partial charge on any atom is 0.253 e. The van der Waals surface area contributed by atoms with E-state index in [4.69, 9.17) is 5.73 Å².